The van der Waals surface area contributed by atoms with Gasteiger partial charge in [-0.15, -0.1) is 11.8 Å². The molecule has 5 heteroatoms. The van der Waals surface area contributed by atoms with E-state index in [2.05, 4.69) is 5.43 Å². The van der Waals surface area contributed by atoms with Crippen LogP contribution in [0.3, 0.4) is 0 Å². The lowest BCUT2D eigenvalue weighted by atomic mass is 10.1. The van der Waals surface area contributed by atoms with Gasteiger partial charge in [-0.3, -0.25) is 10.2 Å². The Morgan fingerprint density at radius 3 is 2.40 bits per heavy atom. The molecule has 3 nitrogen and oxygen atoms in total. The van der Waals surface area contributed by atoms with Crippen LogP contribution in [0.5, 0.6) is 0 Å². The molecule has 0 atom stereocenters. The molecule has 0 aliphatic carbocycles. The first-order valence-corrected chi connectivity index (χ1v) is 7.50. The third-order valence-corrected chi connectivity index (χ3v) is 4.37. The maximum absolute atomic E-state index is 11.2. The summed E-state index contributed by atoms with van der Waals surface area (Å²) in [5, 5.41) is 0.772. The SMILES string of the molecule is NNC(=O)Cc1ccc(CSc2ccccc2Cl)cc1. The van der Waals surface area contributed by atoms with Crippen molar-refractivity contribution in [2.45, 2.75) is 17.1 Å². The van der Waals surface area contributed by atoms with Crippen LogP contribution in [-0.2, 0) is 17.0 Å². The molecule has 0 spiro atoms. The van der Waals surface area contributed by atoms with Gasteiger partial charge in [-0.1, -0.05) is 48.0 Å². The maximum atomic E-state index is 11.2. The van der Waals surface area contributed by atoms with E-state index >= 15 is 0 Å². The van der Waals surface area contributed by atoms with Gasteiger partial charge in [-0.05, 0) is 23.3 Å². The first kappa shape index (κ1) is 14.9. The molecule has 1 amide bonds. The molecule has 0 unspecified atom stereocenters. The van der Waals surface area contributed by atoms with E-state index in [0.717, 1.165) is 21.2 Å². The Morgan fingerprint density at radius 1 is 1.10 bits per heavy atom. The van der Waals surface area contributed by atoms with Crippen molar-refractivity contribution in [3.05, 3.63) is 64.7 Å². The molecule has 0 aliphatic heterocycles. The number of thioether (sulfide) groups is 1. The minimum Gasteiger partial charge on any atom is -0.294 e. The number of hydrogen-bond acceptors (Lipinski definition) is 3. The summed E-state index contributed by atoms with van der Waals surface area (Å²) in [6, 6.07) is 15.7. The minimum absolute atomic E-state index is 0.191. The number of carbonyl (C=O) groups excluding carboxylic acids is 1. The van der Waals surface area contributed by atoms with Crippen molar-refractivity contribution in [3.63, 3.8) is 0 Å². The highest BCUT2D eigenvalue weighted by molar-refractivity contribution is 7.98. The van der Waals surface area contributed by atoms with Crippen LogP contribution in [0.25, 0.3) is 0 Å². The molecule has 0 bridgehead atoms. The topological polar surface area (TPSA) is 55.1 Å². The van der Waals surface area contributed by atoms with Gasteiger partial charge in [0.05, 0.1) is 11.4 Å². The molecule has 0 heterocycles. The van der Waals surface area contributed by atoms with Gasteiger partial charge in [0.25, 0.3) is 0 Å². The fraction of sp³-hybridized carbons (Fsp3) is 0.133. The lowest BCUT2D eigenvalue weighted by Gasteiger charge is -2.05. The predicted molar refractivity (Wildman–Crippen MR) is 83.5 cm³/mol. The molecule has 104 valence electrons. The van der Waals surface area contributed by atoms with Crippen LogP contribution in [0.2, 0.25) is 5.02 Å². The zero-order valence-electron chi connectivity index (χ0n) is 10.8. The summed E-state index contributed by atoms with van der Waals surface area (Å²) in [4.78, 5) is 12.2. The molecule has 20 heavy (non-hydrogen) atoms. The van der Waals surface area contributed by atoms with Crippen LogP contribution in [0.1, 0.15) is 11.1 Å². The van der Waals surface area contributed by atoms with Crippen molar-refractivity contribution in [1.29, 1.82) is 0 Å². The molecular weight excluding hydrogens is 292 g/mol. The summed E-state index contributed by atoms with van der Waals surface area (Å²) in [6.07, 6.45) is 0.300. The van der Waals surface area contributed by atoms with E-state index in [-0.39, 0.29) is 5.91 Å². The largest absolute Gasteiger partial charge is 0.294 e. The third-order valence-electron chi connectivity index (χ3n) is 2.78. The normalized spacial score (nSPS) is 10.3. The fourth-order valence-corrected chi connectivity index (χ4v) is 2.91. The van der Waals surface area contributed by atoms with Crippen LogP contribution in [0.4, 0.5) is 0 Å². The minimum atomic E-state index is -0.191. The van der Waals surface area contributed by atoms with E-state index < -0.39 is 0 Å². The maximum Gasteiger partial charge on any atom is 0.238 e. The number of amides is 1. The highest BCUT2D eigenvalue weighted by atomic mass is 35.5. The Bertz CT molecular complexity index is 587. The molecular formula is C15H15ClN2OS. The van der Waals surface area contributed by atoms with Crippen LogP contribution in [-0.4, -0.2) is 5.91 Å². The van der Waals surface area contributed by atoms with E-state index in [4.69, 9.17) is 17.4 Å². The van der Waals surface area contributed by atoms with Crippen molar-refractivity contribution in [2.24, 2.45) is 5.84 Å². The van der Waals surface area contributed by atoms with Crippen molar-refractivity contribution in [1.82, 2.24) is 5.43 Å². The van der Waals surface area contributed by atoms with Crippen LogP contribution < -0.4 is 11.3 Å². The lowest BCUT2D eigenvalue weighted by molar-refractivity contribution is -0.120. The molecule has 0 saturated heterocycles. The standard InChI is InChI=1S/C15H15ClN2OS/c16-13-3-1-2-4-14(13)20-10-12-7-5-11(6-8-12)9-15(19)18-17/h1-8H,9-10,17H2,(H,18,19). The quantitative estimate of drug-likeness (QED) is 0.386. The lowest BCUT2D eigenvalue weighted by Crippen LogP contribution is -2.31. The Balaban J connectivity index is 1.94. The molecule has 2 aromatic rings. The third kappa shape index (κ3) is 4.27. The van der Waals surface area contributed by atoms with Gasteiger partial charge < -0.3 is 0 Å². The molecule has 0 saturated carbocycles. The smallest absolute Gasteiger partial charge is 0.238 e. The summed E-state index contributed by atoms with van der Waals surface area (Å²) in [7, 11) is 0. The molecule has 0 aromatic heterocycles. The number of nitrogens with one attached hydrogen (secondary N) is 1. The number of hydrazine groups is 1. The van der Waals surface area contributed by atoms with Crippen molar-refractivity contribution < 1.29 is 4.79 Å². The van der Waals surface area contributed by atoms with Gasteiger partial charge in [-0.2, -0.15) is 0 Å². The Morgan fingerprint density at radius 2 is 1.75 bits per heavy atom. The van der Waals surface area contributed by atoms with E-state index in [1.807, 2.05) is 48.5 Å². The Labute approximate surface area is 127 Å². The van der Waals surface area contributed by atoms with Gasteiger partial charge in [-0.25, -0.2) is 5.84 Å². The predicted octanol–water partition coefficient (Wildman–Crippen LogP) is 3.16. The number of halogens is 1. The van der Waals surface area contributed by atoms with Crippen molar-refractivity contribution in [2.75, 3.05) is 0 Å². The molecule has 0 fully saturated rings. The number of rotatable bonds is 5. The highest BCUT2D eigenvalue weighted by Gasteiger charge is 2.03. The fourth-order valence-electron chi connectivity index (χ4n) is 1.71. The number of hydrogen-bond donors (Lipinski definition) is 2. The van der Waals surface area contributed by atoms with Gasteiger partial charge >= 0.3 is 0 Å². The average molecular weight is 307 g/mol. The summed E-state index contributed by atoms with van der Waals surface area (Å²) >= 11 is 7.81. The summed E-state index contributed by atoms with van der Waals surface area (Å²) in [6.45, 7) is 0. The van der Waals surface area contributed by atoms with Gasteiger partial charge in [0, 0.05) is 10.6 Å². The molecule has 3 N–H and O–H groups in total. The van der Waals surface area contributed by atoms with Crippen molar-refractivity contribution in [3.8, 4) is 0 Å². The van der Waals surface area contributed by atoms with Crippen LogP contribution in [0, 0.1) is 0 Å². The van der Waals surface area contributed by atoms with E-state index in [1.165, 1.54) is 5.56 Å². The number of nitrogens with two attached hydrogens (primary N) is 1. The summed E-state index contributed by atoms with van der Waals surface area (Å²) in [5.41, 5.74) is 4.25. The van der Waals surface area contributed by atoms with E-state index in [9.17, 15) is 4.79 Å². The average Bonchev–Trinajstić information content (AvgIpc) is 2.48. The van der Waals surface area contributed by atoms with Gasteiger partial charge in [0.1, 0.15) is 0 Å². The molecule has 0 radical (unpaired) electrons. The van der Waals surface area contributed by atoms with E-state index in [1.54, 1.807) is 11.8 Å². The number of carbonyl (C=O) groups is 1. The zero-order valence-corrected chi connectivity index (χ0v) is 12.4. The highest BCUT2D eigenvalue weighted by Crippen LogP contribution is 2.29. The Hall–Kier alpha value is -1.49. The van der Waals surface area contributed by atoms with Crippen molar-refractivity contribution >= 4 is 29.3 Å². The zero-order chi connectivity index (χ0) is 14.4. The van der Waals surface area contributed by atoms with Crippen LogP contribution >= 0.6 is 23.4 Å². The molecule has 2 rings (SSSR count). The summed E-state index contributed by atoms with van der Waals surface area (Å²) < 4.78 is 0. The second-order valence-electron chi connectivity index (χ2n) is 4.28. The number of benzene rings is 2. The second-order valence-corrected chi connectivity index (χ2v) is 5.70. The van der Waals surface area contributed by atoms with Gasteiger partial charge in [0.15, 0.2) is 0 Å². The summed E-state index contributed by atoms with van der Waals surface area (Å²) in [5.74, 6) is 5.71. The first-order valence-electron chi connectivity index (χ1n) is 6.13. The van der Waals surface area contributed by atoms with Gasteiger partial charge in [0.2, 0.25) is 5.91 Å². The molecule has 2 aromatic carbocycles. The second kappa shape index (κ2) is 7.33. The van der Waals surface area contributed by atoms with Crippen LogP contribution in [0.15, 0.2) is 53.4 Å². The Kier molecular flexibility index (Phi) is 5.47. The molecule has 0 aliphatic rings. The first-order chi connectivity index (χ1) is 9.69. The monoisotopic (exact) mass is 306 g/mol. The van der Waals surface area contributed by atoms with E-state index in [0.29, 0.717) is 6.42 Å².